The third-order valence-electron chi connectivity index (χ3n) is 2.07. The van der Waals surface area contributed by atoms with Crippen molar-refractivity contribution in [2.75, 3.05) is 7.11 Å². The number of hydrogen-bond acceptors (Lipinski definition) is 5. The second-order valence-electron chi connectivity index (χ2n) is 3.30. The van der Waals surface area contributed by atoms with Crippen LogP contribution in [0.25, 0.3) is 6.08 Å². The molecule has 18 heavy (non-hydrogen) atoms. The number of thioether (sulfide) groups is 1. The minimum absolute atomic E-state index is 0.168. The number of carbonyl (C=O) groups excluding carboxylic acids is 1. The Morgan fingerprint density at radius 2 is 2.17 bits per heavy atom. The van der Waals surface area contributed by atoms with Crippen molar-refractivity contribution in [2.45, 2.75) is 4.90 Å². The number of oxazole rings is 1. The number of esters is 1. The van der Waals surface area contributed by atoms with Gasteiger partial charge in [-0.15, -0.1) is 0 Å². The van der Waals surface area contributed by atoms with Gasteiger partial charge in [0.15, 0.2) is 5.69 Å². The number of benzene rings is 1. The quantitative estimate of drug-likeness (QED) is 0.624. The van der Waals surface area contributed by atoms with Gasteiger partial charge in [-0.25, -0.2) is 9.78 Å². The van der Waals surface area contributed by atoms with E-state index in [0.717, 1.165) is 4.90 Å². The molecule has 0 spiro atoms. The predicted octanol–water partition coefficient (Wildman–Crippen LogP) is 3.22. The Kier molecular flexibility index (Phi) is 4.20. The molecule has 5 heteroatoms. The topological polar surface area (TPSA) is 52.3 Å². The number of methoxy groups -OCH3 is 1. The summed E-state index contributed by atoms with van der Waals surface area (Å²) in [6.07, 6.45) is 2.97. The van der Waals surface area contributed by atoms with E-state index >= 15 is 0 Å². The van der Waals surface area contributed by atoms with E-state index in [1.807, 2.05) is 35.7 Å². The van der Waals surface area contributed by atoms with Crippen molar-refractivity contribution >= 4 is 23.8 Å². The fourth-order valence-electron chi connectivity index (χ4n) is 1.23. The summed E-state index contributed by atoms with van der Waals surface area (Å²) in [6, 6.07) is 9.91. The third kappa shape index (κ3) is 3.24. The van der Waals surface area contributed by atoms with E-state index in [-0.39, 0.29) is 5.69 Å². The predicted molar refractivity (Wildman–Crippen MR) is 69.2 cm³/mol. The first-order valence-corrected chi connectivity index (χ1v) is 6.09. The highest BCUT2D eigenvalue weighted by Gasteiger charge is 2.10. The van der Waals surface area contributed by atoms with Gasteiger partial charge in [0.25, 0.3) is 0 Å². The molecule has 1 heterocycles. The molecule has 92 valence electrons. The maximum atomic E-state index is 11.1. The first kappa shape index (κ1) is 12.4. The van der Waals surface area contributed by atoms with Gasteiger partial charge in [-0.2, -0.15) is 0 Å². The Balaban J connectivity index is 1.97. The molecule has 0 unspecified atom stereocenters. The Morgan fingerprint density at radius 1 is 1.39 bits per heavy atom. The molecule has 2 rings (SSSR count). The van der Waals surface area contributed by atoms with E-state index in [2.05, 4.69) is 9.72 Å². The van der Waals surface area contributed by atoms with Crippen LogP contribution in [0.15, 0.2) is 51.3 Å². The molecular weight excluding hydrogens is 250 g/mol. The average Bonchev–Trinajstić information content (AvgIpc) is 2.88. The molecule has 0 fully saturated rings. The normalized spacial score (nSPS) is 10.7. The van der Waals surface area contributed by atoms with Crippen LogP contribution in [0.3, 0.4) is 0 Å². The molecule has 0 atom stereocenters. The number of aromatic nitrogens is 1. The Labute approximate surface area is 109 Å². The summed E-state index contributed by atoms with van der Waals surface area (Å²) in [5.41, 5.74) is 0.168. The second-order valence-corrected chi connectivity index (χ2v) is 4.28. The summed E-state index contributed by atoms with van der Waals surface area (Å²) in [6.45, 7) is 0. The lowest BCUT2D eigenvalue weighted by molar-refractivity contribution is 0.0594. The van der Waals surface area contributed by atoms with E-state index in [0.29, 0.717) is 5.89 Å². The van der Waals surface area contributed by atoms with Gasteiger partial charge >= 0.3 is 5.97 Å². The van der Waals surface area contributed by atoms with Crippen LogP contribution in [-0.2, 0) is 4.74 Å². The molecule has 0 saturated heterocycles. The molecule has 0 amide bonds. The number of nitrogens with zero attached hydrogens (tertiary/aromatic N) is 1. The van der Waals surface area contributed by atoms with E-state index in [9.17, 15) is 4.79 Å². The largest absolute Gasteiger partial charge is 0.464 e. The van der Waals surface area contributed by atoms with Crippen molar-refractivity contribution in [3.8, 4) is 0 Å². The van der Waals surface area contributed by atoms with Crippen LogP contribution in [0, 0.1) is 0 Å². The van der Waals surface area contributed by atoms with Crippen molar-refractivity contribution in [1.29, 1.82) is 0 Å². The number of ether oxygens (including phenoxy) is 1. The molecule has 0 N–H and O–H groups in total. The van der Waals surface area contributed by atoms with Crippen LogP contribution >= 0.6 is 11.8 Å². The molecule has 4 nitrogen and oxygen atoms in total. The standard InChI is InChI=1S/C13H11NO3S/c1-16-13(15)11-9-17-12(14-11)7-8-18-10-5-3-2-4-6-10/h2-9H,1H3/b8-7-. The first-order chi connectivity index (χ1) is 8.79. The highest BCUT2D eigenvalue weighted by Crippen LogP contribution is 2.19. The SMILES string of the molecule is COC(=O)c1coc(/C=C\Sc2ccccc2)n1. The van der Waals surface area contributed by atoms with Crippen LogP contribution < -0.4 is 0 Å². The summed E-state index contributed by atoms with van der Waals surface area (Å²) < 4.78 is 9.65. The van der Waals surface area contributed by atoms with Gasteiger partial charge in [0.1, 0.15) is 6.26 Å². The lowest BCUT2D eigenvalue weighted by Crippen LogP contribution is -2.00. The smallest absolute Gasteiger partial charge is 0.360 e. The van der Waals surface area contributed by atoms with Crippen molar-refractivity contribution in [1.82, 2.24) is 4.98 Å². The lowest BCUT2D eigenvalue weighted by Gasteiger charge is -1.92. The van der Waals surface area contributed by atoms with Crippen molar-refractivity contribution in [2.24, 2.45) is 0 Å². The second kappa shape index (κ2) is 6.07. The fourth-order valence-corrected chi connectivity index (χ4v) is 1.89. The summed E-state index contributed by atoms with van der Waals surface area (Å²) in [7, 11) is 1.30. The zero-order chi connectivity index (χ0) is 12.8. The number of hydrogen-bond donors (Lipinski definition) is 0. The number of carbonyl (C=O) groups is 1. The van der Waals surface area contributed by atoms with E-state index in [1.54, 1.807) is 17.8 Å². The van der Waals surface area contributed by atoms with E-state index in [1.165, 1.54) is 13.4 Å². The molecule has 1 aromatic carbocycles. The molecule has 2 aromatic rings. The highest BCUT2D eigenvalue weighted by atomic mass is 32.2. The molecule has 0 radical (unpaired) electrons. The van der Waals surface area contributed by atoms with Gasteiger partial charge in [-0.1, -0.05) is 30.0 Å². The molecular formula is C13H11NO3S. The van der Waals surface area contributed by atoms with Gasteiger partial charge in [0.05, 0.1) is 7.11 Å². The number of rotatable bonds is 4. The molecule has 0 aliphatic rings. The van der Waals surface area contributed by atoms with Crippen molar-refractivity contribution < 1.29 is 13.9 Å². The molecule has 0 saturated carbocycles. The molecule has 0 aliphatic heterocycles. The van der Waals surface area contributed by atoms with Crippen molar-refractivity contribution in [3.05, 3.63) is 53.6 Å². The van der Waals surface area contributed by atoms with Gasteiger partial charge in [-0.05, 0) is 17.5 Å². The Hall–Kier alpha value is -2.01. The average molecular weight is 261 g/mol. The van der Waals surface area contributed by atoms with E-state index < -0.39 is 5.97 Å². The van der Waals surface area contributed by atoms with Gasteiger partial charge in [0, 0.05) is 11.0 Å². The summed E-state index contributed by atoms with van der Waals surface area (Å²) in [4.78, 5) is 16.2. The summed E-state index contributed by atoms with van der Waals surface area (Å²) >= 11 is 1.54. The Bertz CT molecular complexity index is 548. The zero-order valence-corrected chi connectivity index (χ0v) is 10.5. The third-order valence-corrected chi connectivity index (χ3v) is 2.89. The molecule has 0 bridgehead atoms. The minimum Gasteiger partial charge on any atom is -0.464 e. The summed E-state index contributed by atoms with van der Waals surface area (Å²) in [5.74, 6) is -0.132. The Morgan fingerprint density at radius 3 is 2.89 bits per heavy atom. The first-order valence-electron chi connectivity index (χ1n) is 5.21. The molecule has 1 aromatic heterocycles. The van der Waals surface area contributed by atoms with Crippen molar-refractivity contribution in [3.63, 3.8) is 0 Å². The van der Waals surface area contributed by atoms with Gasteiger partial charge in [0.2, 0.25) is 5.89 Å². The molecule has 0 aliphatic carbocycles. The van der Waals surface area contributed by atoms with Crippen LogP contribution in [0.4, 0.5) is 0 Å². The lowest BCUT2D eigenvalue weighted by atomic mass is 10.4. The van der Waals surface area contributed by atoms with Crippen LogP contribution in [0.2, 0.25) is 0 Å². The van der Waals surface area contributed by atoms with Crippen LogP contribution in [-0.4, -0.2) is 18.1 Å². The van der Waals surface area contributed by atoms with Crippen LogP contribution in [0.5, 0.6) is 0 Å². The van der Waals surface area contributed by atoms with Gasteiger partial charge < -0.3 is 9.15 Å². The summed E-state index contributed by atoms with van der Waals surface area (Å²) in [5, 5.41) is 1.85. The maximum Gasteiger partial charge on any atom is 0.360 e. The van der Waals surface area contributed by atoms with Crippen LogP contribution in [0.1, 0.15) is 16.4 Å². The highest BCUT2D eigenvalue weighted by molar-refractivity contribution is 8.02. The minimum atomic E-state index is -0.505. The van der Waals surface area contributed by atoms with E-state index in [4.69, 9.17) is 4.42 Å². The fraction of sp³-hybridized carbons (Fsp3) is 0.0769. The monoisotopic (exact) mass is 261 g/mol. The van der Waals surface area contributed by atoms with Gasteiger partial charge in [-0.3, -0.25) is 0 Å². The maximum absolute atomic E-state index is 11.1. The zero-order valence-electron chi connectivity index (χ0n) is 9.70.